The van der Waals surface area contributed by atoms with Gasteiger partial charge in [-0.25, -0.2) is 0 Å². The fraction of sp³-hybridized carbons (Fsp3) is 0.647. The largest absolute Gasteiger partial charge is 0.317 e. The summed E-state index contributed by atoms with van der Waals surface area (Å²) in [6.07, 6.45) is 5.59. The van der Waals surface area contributed by atoms with Gasteiger partial charge in [-0.15, -0.1) is 0 Å². The van der Waals surface area contributed by atoms with Gasteiger partial charge >= 0.3 is 0 Å². The molecule has 1 N–H and O–H groups in total. The van der Waals surface area contributed by atoms with Crippen molar-refractivity contribution in [1.82, 2.24) is 5.32 Å². The van der Waals surface area contributed by atoms with Crippen LogP contribution in [0.15, 0.2) is 18.2 Å². The summed E-state index contributed by atoms with van der Waals surface area (Å²) in [5.74, 6) is 1.61. The first-order valence-corrected chi connectivity index (χ1v) is 7.50. The molecule has 1 fully saturated rings. The Labute approximate surface area is 112 Å². The summed E-state index contributed by atoms with van der Waals surface area (Å²) in [6.45, 7) is 8.97. The van der Waals surface area contributed by atoms with Gasteiger partial charge in [-0.1, -0.05) is 43.5 Å². The second-order valence-corrected chi connectivity index (χ2v) is 5.82. The summed E-state index contributed by atoms with van der Waals surface area (Å²) in [5.41, 5.74) is 4.50. The molecule has 1 nitrogen and oxygen atoms in total. The highest BCUT2D eigenvalue weighted by Gasteiger charge is 2.27. The van der Waals surface area contributed by atoms with Gasteiger partial charge in [0.2, 0.25) is 0 Å². The van der Waals surface area contributed by atoms with Gasteiger partial charge in [-0.3, -0.25) is 0 Å². The van der Waals surface area contributed by atoms with Crippen molar-refractivity contribution >= 4 is 0 Å². The number of aryl methyl sites for hydroxylation is 2. The second kappa shape index (κ2) is 6.38. The lowest BCUT2D eigenvalue weighted by molar-refractivity contribution is 0.296. The molecule has 1 aliphatic carbocycles. The highest BCUT2D eigenvalue weighted by Crippen LogP contribution is 2.39. The first-order valence-electron chi connectivity index (χ1n) is 7.50. The molecule has 0 saturated heterocycles. The van der Waals surface area contributed by atoms with Crippen LogP contribution in [0.1, 0.15) is 55.2 Å². The van der Waals surface area contributed by atoms with Crippen LogP contribution in [-0.2, 0) is 0 Å². The zero-order valence-electron chi connectivity index (χ0n) is 12.1. The molecule has 0 aliphatic heterocycles. The first kappa shape index (κ1) is 13.6. The lowest BCUT2D eigenvalue weighted by Gasteiger charge is -2.33. The van der Waals surface area contributed by atoms with E-state index >= 15 is 0 Å². The highest BCUT2D eigenvalue weighted by molar-refractivity contribution is 5.34. The van der Waals surface area contributed by atoms with E-state index in [-0.39, 0.29) is 0 Å². The van der Waals surface area contributed by atoms with Crippen LogP contribution in [-0.4, -0.2) is 13.1 Å². The van der Waals surface area contributed by atoms with E-state index in [2.05, 4.69) is 44.3 Å². The topological polar surface area (TPSA) is 12.0 Å². The fourth-order valence-electron chi connectivity index (χ4n) is 3.35. The molecule has 18 heavy (non-hydrogen) atoms. The van der Waals surface area contributed by atoms with Gasteiger partial charge in [0.05, 0.1) is 0 Å². The lowest BCUT2D eigenvalue weighted by Crippen LogP contribution is -2.29. The molecule has 2 rings (SSSR count). The van der Waals surface area contributed by atoms with E-state index in [1.165, 1.54) is 43.4 Å². The van der Waals surface area contributed by atoms with Crippen molar-refractivity contribution in [3.63, 3.8) is 0 Å². The van der Waals surface area contributed by atoms with Gasteiger partial charge in [0, 0.05) is 0 Å². The van der Waals surface area contributed by atoms with Gasteiger partial charge in [0.25, 0.3) is 0 Å². The van der Waals surface area contributed by atoms with Crippen LogP contribution in [0.2, 0.25) is 0 Å². The quantitative estimate of drug-likeness (QED) is 0.839. The zero-order chi connectivity index (χ0) is 13.0. The Morgan fingerprint density at radius 2 is 1.94 bits per heavy atom. The Hall–Kier alpha value is -0.820. The van der Waals surface area contributed by atoms with Crippen LogP contribution < -0.4 is 5.32 Å². The Kier molecular flexibility index (Phi) is 4.82. The molecule has 1 saturated carbocycles. The molecule has 2 unspecified atom stereocenters. The molecule has 0 amide bonds. The highest BCUT2D eigenvalue weighted by atomic mass is 14.8. The summed E-state index contributed by atoms with van der Waals surface area (Å²) in [6, 6.07) is 6.95. The monoisotopic (exact) mass is 245 g/mol. The molecule has 0 spiro atoms. The van der Waals surface area contributed by atoms with Crippen molar-refractivity contribution in [3.8, 4) is 0 Å². The van der Waals surface area contributed by atoms with Crippen LogP contribution in [0.25, 0.3) is 0 Å². The third-order valence-electron chi connectivity index (χ3n) is 4.40. The summed E-state index contributed by atoms with van der Waals surface area (Å²) < 4.78 is 0. The summed E-state index contributed by atoms with van der Waals surface area (Å²) in [7, 11) is 0. The van der Waals surface area contributed by atoms with Crippen molar-refractivity contribution in [1.29, 1.82) is 0 Å². The van der Waals surface area contributed by atoms with E-state index in [9.17, 15) is 0 Å². The van der Waals surface area contributed by atoms with Crippen LogP contribution in [0.5, 0.6) is 0 Å². The van der Waals surface area contributed by atoms with E-state index in [4.69, 9.17) is 0 Å². The number of nitrogens with one attached hydrogen (secondary N) is 1. The van der Waals surface area contributed by atoms with Gasteiger partial charge in [-0.2, -0.15) is 0 Å². The van der Waals surface area contributed by atoms with Crippen LogP contribution >= 0.6 is 0 Å². The third kappa shape index (κ3) is 3.14. The van der Waals surface area contributed by atoms with Crippen molar-refractivity contribution in [2.75, 3.05) is 13.1 Å². The maximum Gasteiger partial charge on any atom is -0.00148 e. The van der Waals surface area contributed by atoms with Crippen LogP contribution in [0.4, 0.5) is 0 Å². The van der Waals surface area contributed by atoms with Gasteiger partial charge in [0.15, 0.2) is 0 Å². The van der Waals surface area contributed by atoms with Gasteiger partial charge in [-0.05, 0) is 62.7 Å². The maximum absolute atomic E-state index is 3.55. The van der Waals surface area contributed by atoms with Crippen molar-refractivity contribution in [2.45, 2.75) is 52.4 Å². The predicted octanol–water partition coefficient (Wildman–Crippen LogP) is 4.19. The molecule has 0 aromatic heterocycles. The van der Waals surface area contributed by atoms with E-state index in [1.807, 2.05) is 0 Å². The lowest BCUT2D eigenvalue weighted by atomic mass is 9.74. The number of hydrogen-bond donors (Lipinski definition) is 1. The Morgan fingerprint density at radius 3 is 2.72 bits per heavy atom. The van der Waals surface area contributed by atoms with Gasteiger partial charge in [0.1, 0.15) is 0 Å². The molecular formula is C17H27N. The molecule has 1 heteroatoms. The van der Waals surface area contributed by atoms with Crippen LogP contribution in [0.3, 0.4) is 0 Å². The number of hydrogen-bond acceptors (Lipinski definition) is 1. The number of benzene rings is 1. The normalized spacial score (nSPS) is 24.2. The molecule has 1 aromatic rings. The first-order chi connectivity index (χ1) is 8.72. The zero-order valence-corrected chi connectivity index (χ0v) is 12.1. The molecule has 2 atom stereocenters. The minimum Gasteiger partial charge on any atom is -0.317 e. The average Bonchev–Trinajstić information content (AvgIpc) is 2.39. The summed E-state index contributed by atoms with van der Waals surface area (Å²) in [4.78, 5) is 0. The minimum absolute atomic E-state index is 0.776. The molecule has 0 radical (unpaired) electrons. The third-order valence-corrected chi connectivity index (χ3v) is 4.40. The van der Waals surface area contributed by atoms with Crippen molar-refractivity contribution in [2.24, 2.45) is 5.92 Å². The Bertz CT molecular complexity index is 383. The molecule has 100 valence electrons. The van der Waals surface area contributed by atoms with Crippen LogP contribution in [0, 0.1) is 19.8 Å². The summed E-state index contributed by atoms with van der Waals surface area (Å²) >= 11 is 0. The molecule has 1 aromatic carbocycles. The fourth-order valence-corrected chi connectivity index (χ4v) is 3.35. The van der Waals surface area contributed by atoms with Crippen molar-refractivity contribution < 1.29 is 0 Å². The summed E-state index contributed by atoms with van der Waals surface area (Å²) in [5, 5.41) is 3.55. The Morgan fingerprint density at radius 1 is 1.17 bits per heavy atom. The molecule has 0 heterocycles. The SMILES string of the molecule is CCNCC1CCCCC1c1cc(C)ccc1C. The molecule has 0 bridgehead atoms. The predicted molar refractivity (Wildman–Crippen MR) is 79.2 cm³/mol. The van der Waals surface area contributed by atoms with E-state index < -0.39 is 0 Å². The smallest absolute Gasteiger partial charge is 0.00148 e. The average molecular weight is 245 g/mol. The van der Waals surface area contributed by atoms with E-state index in [0.717, 1.165) is 18.4 Å². The minimum atomic E-state index is 0.776. The standard InChI is InChI=1S/C17H27N/c1-4-18-12-15-7-5-6-8-16(15)17-11-13(2)9-10-14(17)3/h9-11,15-16,18H,4-8,12H2,1-3H3. The number of rotatable bonds is 4. The van der Waals surface area contributed by atoms with E-state index in [0.29, 0.717) is 0 Å². The second-order valence-electron chi connectivity index (χ2n) is 5.82. The molecular weight excluding hydrogens is 218 g/mol. The maximum atomic E-state index is 3.55. The Balaban J connectivity index is 2.19. The van der Waals surface area contributed by atoms with E-state index in [1.54, 1.807) is 5.56 Å². The van der Waals surface area contributed by atoms with Crippen molar-refractivity contribution in [3.05, 3.63) is 34.9 Å². The van der Waals surface area contributed by atoms with Gasteiger partial charge < -0.3 is 5.32 Å². The molecule has 1 aliphatic rings.